The molecular weight excluding hydrogens is 357 g/mol. The molecule has 0 saturated heterocycles. The molecular formula is C14H18INO3. The van der Waals surface area contributed by atoms with Crippen LogP contribution in [0.25, 0.3) is 0 Å². The predicted octanol–water partition coefficient (Wildman–Crippen LogP) is 2.83. The fourth-order valence-electron chi connectivity index (χ4n) is 1.72. The quantitative estimate of drug-likeness (QED) is 0.778. The summed E-state index contributed by atoms with van der Waals surface area (Å²) in [6.07, 6.45) is 0.697. The number of rotatable bonds is 5. The van der Waals surface area contributed by atoms with Gasteiger partial charge in [-0.05, 0) is 47.6 Å². The van der Waals surface area contributed by atoms with Gasteiger partial charge in [0.25, 0.3) is 5.91 Å². The standard InChI is InChI=1S/C14H18INO3/c1-4-9(3)12(14(18)19)16-13(17)10-7-8(2)5-6-11(10)15/h5-7,9,12H,4H2,1-3H3,(H,16,17)(H,18,19). The molecule has 1 amide bonds. The van der Waals surface area contributed by atoms with E-state index >= 15 is 0 Å². The molecule has 1 aromatic carbocycles. The highest BCUT2D eigenvalue weighted by Crippen LogP contribution is 2.15. The highest BCUT2D eigenvalue weighted by molar-refractivity contribution is 14.1. The summed E-state index contributed by atoms with van der Waals surface area (Å²) in [5.41, 5.74) is 1.50. The largest absolute Gasteiger partial charge is 0.480 e. The minimum absolute atomic E-state index is 0.107. The summed E-state index contributed by atoms with van der Waals surface area (Å²) in [6, 6.07) is 4.69. The van der Waals surface area contributed by atoms with Crippen LogP contribution < -0.4 is 5.32 Å². The smallest absolute Gasteiger partial charge is 0.326 e. The van der Waals surface area contributed by atoms with Crippen molar-refractivity contribution in [1.82, 2.24) is 5.32 Å². The Morgan fingerprint density at radius 1 is 1.42 bits per heavy atom. The van der Waals surface area contributed by atoms with Crippen molar-refractivity contribution in [2.45, 2.75) is 33.2 Å². The van der Waals surface area contributed by atoms with Crippen LogP contribution in [0.5, 0.6) is 0 Å². The first-order chi connectivity index (χ1) is 8.86. The van der Waals surface area contributed by atoms with Gasteiger partial charge in [-0.1, -0.05) is 31.9 Å². The van der Waals surface area contributed by atoms with Gasteiger partial charge in [0.1, 0.15) is 6.04 Å². The van der Waals surface area contributed by atoms with Gasteiger partial charge in [0.15, 0.2) is 0 Å². The first kappa shape index (κ1) is 15.9. The normalized spacial score (nSPS) is 13.7. The molecule has 0 spiro atoms. The van der Waals surface area contributed by atoms with E-state index in [2.05, 4.69) is 27.9 Å². The van der Waals surface area contributed by atoms with Crippen LogP contribution in [0.1, 0.15) is 36.2 Å². The van der Waals surface area contributed by atoms with Crippen LogP contribution in [0.15, 0.2) is 18.2 Å². The highest BCUT2D eigenvalue weighted by atomic mass is 127. The van der Waals surface area contributed by atoms with Crippen LogP contribution in [-0.4, -0.2) is 23.0 Å². The molecule has 2 atom stereocenters. The lowest BCUT2D eigenvalue weighted by atomic mass is 9.99. The fraction of sp³-hybridized carbons (Fsp3) is 0.429. The molecule has 0 radical (unpaired) electrons. The molecule has 2 N–H and O–H groups in total. The van der Waals surface area contributed by atoms with Gasteiger partial charge in [-0.3, -0.25) is 4.79 Å². The molecule has 1 aromatic rings. The van der Waals surface area contributed by atoms with Crippen LogP contribution in [0.4, 0.5) is 0 Å². The molecule has 0 fully saturated rings. The van der Waals surface area contributed by atoms with Crippen molar-refractivity contribution in [1.29, 1.82) is 0 Å². The first-order valence-corrected chi connectivity index (χ1v) is 7.24. The molecule has 2 unspecified atom stereocenters. The number of carbonyl (C=O) groups excluding carboxylic acids is 1. The van der Waals surface area contributed by atoms with E-state index in [1.165, 1.54) is 0 Å². The van der Waals surface area contributed by atoms with Crippen molar-refractivity contribution in [2.24, 2.45) is 5.92 Å². The second-order valence-corrected chi connectivity index (χ2v) is 5.82. The summed E-state index contributed by atoms with van der Waals surface area (Å²) in [5.74, 6) is -1.44. The van der Waals surface area contributed by atoms with Gasteiger partial charge in [0.05, 0.1) is 5.56 Å². The Morgan fingerprint density at radius 2 is 2.05 bits per heavy atom. The summed E-state index contributed by atoms with van der Waals surface area (Å²) in [5, 5.41) is 11.8. The number of hydrogen-bond acceptors (Lipinski definition) is 2. The monoisotopic (exact) mass is 375 g/mol. The molecule has 0 aliphatic carbocycles. The van der Waals surface area contributed by atoms with E-state index in [1.807, 2.05) is 32.9 Å². The van der Waals surface area contributed by atoms with Crippen LogP contribution in [0.3, 0.4) is 0 Å². The van der Waals surface area contributed by atoms with Gasteiger partial charge in [-0.25, -0.2) is 4.79 Å². The van der Waals surface area contributed by atoms with E-state index in [4.69, 9.17) is 0 Å². The summed E-state index contributed by atoms with van der Waals surface area (Å²) in [6.45, 7) is 5.62. The number of halogens is 1. The van der Waals surface area contributed by atoms with Crippen molar-refractivity contribution in [3.8, 4) is 0 Å². The molecule has 4 nitrogen and oxygen atoms in total. The summed E-state index contributed by atoms with van der Waals surface area (Å²) in [4.78, 5) is 23.4. The average molecular weight is 375 g/mol. The van der Waals surface area contributed by atoms with Crippen molar-refractivity contribution in [3.63, 3.8) is 0 Å². The topological polar surface area (TPSA) is 66.4 Å². The van der Waals surface area contributed by atoms with E-state index in [0.717, 1.165) is 9.13 Å². The molecule has 0 bridgehead atoms. The molecule has 0 aromatic heterocycles. The maximum absolute atomic E-state index is 12.2. The van der Waals surface area contributed by atoms with Gasteiger partial charge in [-0.2, -0.15) is 0 Å². The Labute approximate surface area is 126 Å². The Hall–Kier alpha value is -1.11. The van der Waals surface area contributed by atoms with E-state index in [-0.39, 0.29) is 11.8 Å². The summed E-state index contributed by atoms with van der Waals surface area (Å²) >= 11 is 2.07. The van der Waals surface area contributed by atoms with Gasteiger partial charge in [0, 0.05) is 3.57 Å². The fourth-order valence-corrected chi connectivity index (χ4v) is 2.30. The second kappa shape index (κ2) is 6.88. The van der Waals surface area contributed by atoms with Crippen molar-refractivity contribution in [2.75, 3.05) is 0 Å². The van der Waals surface area contributed by atoms with Gasteiger partial charge >= 0.3 is 5.97 Å². The number of benzene rings is 1. The lowest BCUT2D eigenvalue weighted by molar-refractivity contribution is -0.140. The number of nitrogens with one attached hydrogen (secondary N) is 1. The molecule has 0 aliphatic rings. The van der Waals surface area contributed by atoms with E-state index in [9.17, 15) is 14.7 Å². The van der Waals surface area contributed by atoms with Gasteiger partial charge in [0.2, 0.25) is 0 Å². The van der Waals surface area contributed by atoms with Crippen LogP contribution in [0.2, 0.25) is 0 Å². The zero-order valence-electron chi connectivity index (χ0n) is 11.2. The lowest BCUT2D eigenvalue weighted by Gasteiger charge is -2.20. The SMILES string of the molecule is CCC(C)C(NC(=O)c1cc(C)ccc1I)C(=O)O. The van der Waals surface area contributed by atoms with Crippen molar-refractivity contribution in [3.05, 3.63) is 32.9 Å². The molecule has 5 heteroatoms. The molecule has 19 heavy (non-hydrogen) atoms. The minimum Gasteiger partial charge on any atom is -0.480 e. The number of hydrogen-bond donors (Lipinski definition) is 2. The Morgan fingerprint density at radius 3 is 2.58 bits per heavy atom. The van der Waals surface area contributed by atoms with Gasteiger partial charge < -0.3 is 10.4 Å². The third-order valence-corrected chi connectivity index (χ3v) is 4.07. The Balaban J connectivity index is 2.94. The maximum Gasteiger partial charge on any atom is 0.326 e. The van der Waals surface area contributed by atoms with Gasteiger partial charge in [-0.15, -0.1) is 0 Å². The maximum atomic E-state index is 12.2. The Bertz CT molecular complexity index is 488. The number of carbonyl (C=O) groups is 2. The third-order valence-electron chi connectivity index (χ3n) is 3.13. The highest BCUT2D eigenvalue weighted by Gasteiger charge is 2.26. The third kappa shape index (κ3) is 4.19. The van der Waals surface area contributed by atoms with E-state index in [0.29, 0.717) is 12.0 Å². The Kier molecular flexibility index (Phi) is 5.78. The molecule has 0 saturated carbocycles. The number of carboxylic acids is 1. The minimum atomic E-state index is -0.995. The van der Waals surface area contributed by atoms with Crippen molar-refractivity contribution < 1.29 is 14.7 Å². The zero-order chi connectivity index (χ0) is 14.6. The number of aryl methyl sites for hydroxylation is 1. The first-order valence-electron chi connectivity index (χ1n) is 6.16. The lowest BCUT2D eigenvalue weighted by Crippen LogP contribution is -2.45. The van der Waals surface area contributed by atoms with E-state index in [1.54, 1.807) is 6.07 Å². The number of amides is 1. The summed E-state index contributed by atoms with van der Waals surface area (Å²) in [7, 11) is 0. The molecule has 1 rings (SSSR count). The van der Waals surface area contributed by atoms with Crippen LogP contribution in [0, 0.1) is 16.4 Å². The molecule has 0 heterocycles. The molecule has 104 valence electrons. The number of carboxylic acid groups (broad SMARTS) is 1. The van der Waals surface area contributed by atoms with E-state index < -0.39 is 12.0 Å². The second-order valence-electron chi connectivity index (χ2n) is 4.66. The van der Waals surface area contributed by atoms with Crippen LogP contribution in [-0.2, 0) is 4.79 Å². The average Bonchev–Trinajstić information content (AvgIpc) is 2.37. The summed E-state index contributed by atoms with van der Waals surface area (Å²) < 4.78 is 0.814. The van der Waals surface area contributed by atoms with Crippen molar-refractivity contribution >= 4 is 34.5 Å². The predicted molar refractivity (Wildman–Crippen MR) is 82.2 cm³/mol. The van der Waals surface area contributed by atoms with Crippen LogP contribution >= 0.6 is 22.6 Å². The molecule has 0 aliphatic heterocycles. The number of aliphatic carboxylic acids is 1. The zero-order valence-corrected chi connectivity index (χ0v) is 13.4.